The maximum atomic E-state index is 11.5. The van der Waals surface area contributed by atoms with E-state index in [4.69, 9.17) is 5.11 Å². The number of aliphatic imine (C=N–C) groups is 1. The minimum Gasteiger partial charge on any atom is -0.396 e. The maximum absolute atomic E-state index is 11.5. The minimum absolute atomic E-state index is 0.0755. The van der Waals surface area contributed by atoms with E-state index < -0.39 is 24.2 Å². The average molecular weight is 293 g/mol. The molecule has 0 saturated heterocycles. The van der Waals surface area contributed by atoms with E-state index in [1.54, 1.807) is 6.08 Å². The van der Waals surface area contributed by atoms with Gasteiger partial charge in [0.05, 0.1) is 6.10 Å². The number of hydrogen-bond donors (Lipinski definition) is 4. The maximum Gasteiger partial charge on any atom is 0.269 e. The number of rotatable bonds is 7. The topological polar surface area (TPSA) is 110 Å². The molecule has 0 aliphatic carbocycles. The highest BCUT2D eigenvalue weighted by atomic mass is 16.4. The molecule has 6 nitrogen and oxygen atoms in total. The Morgan fingerprint density at radius 3 is 2.48 bits per heavy atom. The summed E-state index contributed by atoms with van der Waals surface area (Å²) in [6.45, 7) is -0.319. The fourth-order valence-electron chi connectivity index (χ4n) is 1.54. The second-order valence-corrected chi connectivity index (χ2v) is 4.42. The number of nitrogens with zero attached hydrogens (tertiary/aromatic N) is 1. The van der Waals surface area contributed by atoms with Crippen molar-refractivity contribution in [3.8, 4) is 0 Å². The lowest BCUT2D eigenvalue weighted by Gasteiger charge is -2.19. The second kappa shape index (κ2) is 9.15. The summed E-state index contributed by atoms with van der Waals surface area (Å²) in [6.07, 6.45) is -0.687. The zero-order valence-electron chi connectivity index (χ0n) is 11.4. The summed E-state index contributed by atoms with van der Waals surface area (Å²) < 4.78 is 0. The van der Waals surface area contributed by atoms with Crippen molar-refractivity contribution >= 4 is 18.2 Å². The molecule has 21 heavy (non-hydrogen) atoms. The van der Waals surface area contributed by atoms with Gasteiger partial charge in [-0.2, -0.15) is 0 Å². The molecular formula is C15H19NO5. The van der Waals surface area contributed by atoms with Crippen LogP contribution in [0.3, 0.4) is 0 Å². The third kappa shape index (κ3) is 6.42. The zero-order chi connectivity index (χ0) is 15.7. The van der Waals surface area contributed by atoms with E-state index >= 15 is 0 Å². The Kier molecular flexibility index (Phi) is 7.49. The highest BCUT2D eigenvalue weighted by Gasteiger charge is 2.22. The van der Waals surface area contributed by atoms with Crippen LogP contribution in [-0.2, 0) is 4.79 Å². The zero-order valence-corrected chi connectivity index (χ0v) is 11.4. The minimum atomic E-state index is -1.51. The van der Waals surface area contributed by atoms with Gasteiger partial charge in [-0.15, -0.1) is 0 Å². The molecule has 1 aromatic carbocycles. The van der Waals surface area contributed by atoms with E-state index in [1.165, 1.54) is 6.08 Å². The first-order valence-corrected chi connectivity index (χ1v) is 6.51. The Bertz CT molecular complexity index is 486. The molecule has 1 rings (SSSR count). The summed E-state index contributed by atoms with van der Waals surface area (Å²) in [5.41, 5.74) is 0.833. The first-order chi connectivity index (χ1) is 10.0. The number of aliphatic hydroxyl groups excluding tert-OH is 4. The molecule has 0 bridgehead atoms. The number of aliphatic hydroxyl groups is 4. The van der Waals surface area contributed by atoms with Crippen molar-refractivity contribution in [1.29, 1.82) is 0 Å². The van der Waals surface area contributed by atoms with Crippen LogP contribution in [0.15, 0.2) is 41.4 Å². The molecule has 0 spiro atoms. The first-order valence-electron chi connectivity index (χ1n) is 6.51. The van der Waals surface area contributed by atoms with Crippen LogP contribution in [0.1, 0.15) is 12.0 Å². The van der Waals surface area contributed by atoms with E-state index in [9.17, 15) is 20.1 Å². The van der Waals surface area contributed by atoms with Gasteiger partial charge in [-0.25, -0.2) is 4.99 Å². The van der Waals surface area contributed by atoms with Crippen molar-refractivity contribution in [3.63, 3.8) is 0 Å². The van der Waals surface area contributed by atoms with Gasteiger partial charge in [0, 0.05) is 18.9 Å². The van der Waals surface area contributed by atoms with Crippen molar-refractivity contribution in [2.45, 2.75) is 24.7 Å². The fourth-order valence-corrected chi connectivity index (χ4v) is 1.54. The monoisotopic (exact) mass is 293 g/mol. The van der Waals surface area contributed by atoms with Crippen LogP contribution < -0.4 is 0 Å². The number of carbonyl (C=O) groups is 1. The Morgan fingerprint density at radius 1 is 1.19 bits per heavy atom. The van der Waals surface area contributed by atoms with Gasteiger partial charge >= 0.3 is 0 Å². The molecule has 1 amide bonds. The smallest absolute Gasteiger partial charge is 0.269 e. The highest BCUT2D eigenvalue weighted by Crippen LogP contribution is 2.03. The Hall–Kier alpha value is -1.86. The summed E-state index contributed by atoms with van der Waals surface area (Å²) in [5.74, 6) is -0.596. The molecule has 4 N–H and O–H groups in total. The van der Waals surface area contributed by atoms with Crippen molar-refractivity contribution in [2.24, 2.45) is 4.99 Å². The molecular weight excluding hydrogens is 274 g/mol. The van der Waals surface area contributed by atoms with Crippen molar-refractivity contribution < 1.29 is 25.2 Å². The molecule has 1 aromatic rings. The van der Waals surface area contributed by atoms with E-state index in [1.807, 2.05) is 30.3 Å². The molecule has 0 radical (unpaired) electrons. The van der Waals surface area contributed by atoms with Crippen LogP contribution in [0.4, 0.5) is 0 Å². The Balaban J connectivity index is 2.51. The van der Waals surface area contributed by atoms with Crippen LogP contribution in [0.25, 0.3) is 6.08 Å². The summed E-state index contributed by atoms with van der Waals surface area (Å²) >= 11 is 0. The fraction of sp³-hybridized carbons (Fsp3) is 0.333. The molecule has 3 atom stereocenters. The number of benzene rings is 1. The predicted molar refractivity (Wildman–Crippen MR) is 78.7 cm³/mol. The normalized spacial score (nSPS) is 16.2. The van der Waals surface area contributed by atoms with E-state index in [2.05, 4.69) is 4.99 Å². The summed E-state index contributed by atoms with van der Waals surface area (Å²) in [7, 11) is 0. The quantitative estimate of drug-likeness (QED) is 0.410. The van der Waals surface area contributed by atoms with Crippen LogP contribution in [-0.4, -0.2) is 57.5 Å². The van der Waals surface area contributed by atoms with Gasteiger partial charge in [0.2, 0.25) is 0 Å². The SMILES string of the molecule is O=C(C=Cc1ccccc1)N=C[C@H](O)[C@@H](O)[C@H](O)CCO. The largest absolute Gasteiger partial charge is 0.396 e. The van der Waals surface area contributed by atoms with Gasteiger partial charge in [-0.1, -0.05) is 30.3 Å². The standard InChI is InChI=1S/C15H19NO5/c17-9-8-12(18)15(21)13(19)10-16-14(20)7-6-11-4-2-1-3-5-11/h1-7,10,12-13,15,17-19,21H,8-9H2/t12-,13+,15+/m1/s1. The highest BCUT2D eigenvalue weighted by molar-refractivity contribution is 5.97. The van der Waals surface area contributed by atoms with Gasteiger partial charge in [0.1, 0.15) is 12.2 Å². The first kappa shape index (κ1) is 17.2. The number of carbonyl (C=O) groups excluding carboxylic acids is 1. The van der Waals surface area contributed by atoms with Crippen LogP contribution >= 0.6 is 0 Å². The van der Waals surface area contributed by atoms with Gasteiger partial charge < -0.3 is 20.4 Å². The average Bonchev–Trinajstić information content (AvgIpc) is 2.51. The lowest BCUT2D eigenvalue weighted by atomic mass is 10.1. The Morgan fingerprint density at radius 2 is 1.86 bits per heavy atom. The molecule has 6 heteroatoms. The third-order valence-electron chi connectivity index (χ3n) is 2.74. The molecule has 0 aromatic heterocycles. The molecule has 0 fully saturated rings. The molecule has 0 saturated carbocycles. The molecule has 0 aliphatic heterocycles. The van der Waals surface area contributed by atoms with Crippen LogP contribution in [0.2, 0.25) is 0 Å². The molecule has 0 heterocycles. The number of amides is 1. The summed E-state index contributed by atoms with van der Waals surface area (Å²) in [4.78, 5) is 14.9. The Labute approximate surface area is 122 Å². The summed E-state index contributed by atoms with van der Waals surface area (Å²) in [5, 5.41) is 37.0. The lowest BCUT2D eigenvalue weighted by Crippen LogP contribution is -2.38. The predicted octanol–water partition coefficient (Wildman–Crippen LogP) is -0.238. The van der Waals surface area contributed by atoms with E-state index in [0.29, 0.717) is 0 Å². The molecule has 0 unspecified atom stereocenters. The van der Waals surface area contributed by atoms with Gasteiger partial charge in [0.25, 0.3) is 5.91 Å². The van der Waals surface area contributed by atoms with E-state index in [-0.39, 0.29) is 13.0 Å². The molecule has 0 aliphatic rings. The van der Waals surface area contributed by atoms with Crippen molar-refractivity contribution in [1.82, 2.24) is 0 Å². The summed E-state index contributed by atoms with van der Waals surface area (Å²) in [6, 6.07) is 9.15. The van der Waals surface area contributed by atoms with Crippen LogP contribution in [0, 0.1) is 0 Å². The van der Waals surface area contributed by atoms with E-state index in [0.717, 1.165) is 11.8 Å². The third-order valence-corrected chi connectivity index (χ3v) is 2.74. The molecule has 114 valence electrons. The van der Waals surface area contributed by atoms with Crippen LogP contribution in [0.5, 0.6) is 0 Å². The van der Waals surface area contributed by atoms with Gasteiger partial charge in [-0.3, -0.25) is 4.79 Å². The van der Waals surface area contributed by atoms with Crippen molar-refractivity contribution in [3.05, 3.63) is 42.0 Å². The van der Waals surface area contributed by atoms with Gasteiger partial charge in [0.15, 0.2) is 0 Å². The lowest BCUT2D eigenvalue weighted by molar-refractivity contribution is -0.113. The second-order valence-electron chi connectivity index (χ2n) is 4.42. The van der Waals surface area contributed by atoms with Gasteiger partial charge in [-0.05, 0) is 18.1 Å². The van der Waals surface area contributed by atoms with Crippen molar-refractivity contribution in [2.75, 3.05) is 6.61 Å². The number of hydrogen-bond acceptors (Lipinski definition) is 5.